The normalized spacial score (nSPS) is 16.3. The van der Waals surface area contributed by atoms with Crippen molar-refractivity contribution in [2.45, 2.75) is 48.9 Å². The Hall–Kier alpha value is 0.460. The summed E-state index contributed by atoms with van der Waals surface area (Å²) in [5.74, 6) is 1.86. The summed E-state index contributed by atoms with van der Waals surface area (Å²) in [7, 11) is 0. The van der Waals surface area contributed by atoms with E-state index in [2.05, 4.69) is 29.8 Å². The molecule has 0 spiro atoms. The van der Waals surface area contributed by atoms with Gasteiger partial charge in [-0.2, -0.15) is 11.8 Å². The third kappa shape index (κ3) is 3.21. The van der Waals surface area contributed by atoms with Gasteiger partial charge in [-0.15, -0.1) is 11.3 Å². The largest absolute Gasteiger partial charge is 0.245 e. The fourth-order valence-corrected chi connectivity index (χ4v) is 3.90. The van der Waals surface area contributed by atoms with E-state index in [0.29, 0.717) is 5.25 Å². The van der Waals surface area contributed by atoms with Gasteiger partial charge in [0.15, 0.2) is 0 Å². The van der Waals surface area contributed by atoms with Gasteiger partial charge in [-0.1, -0.05) is 29.8 Å². The van der Waals surface area contributed by atoms with Crippen molar-refractivity contribution in [3.05, 3.63) is 15.6 Å². The molecule has 1 aromatic heterocycles. The van der Waals surface area contributed by atoms with Crippen molar-refractivity contribution in [1.82, 2.24) is 4.98 Å². The first kappa shape index (κ1) is 11.9. The average Bonchev–Trinajstić information content (AvgIpc) is 2.96. The lowest BCUT2D eigenvalue weighted by molar-refractivity contribution is 1.01. The standard InChI is InChI=1S/C11H16BrNS2/c1-7(2)14-6-10-13-11(8-3-4-8)9(5-12)15-10/h7-8H,3-6H2,1-2H3. The van der Waals surface area contributed by atoms with Gasteiger partial charge in [0.1, 0.15) is 5.01 Å². The molecule has 1 heterocycles. The van der Waals surface area contributed by atoms with E-state index < -0.39 is 0 Å². The second kappa shape index (κ2) is 5.19. The van der Waals surface area contributed by atoms with E-state index in [1.54, 1.807) is 0 Å². The number of nitrogens with zero attached hydrogens (tertiary/aromatic N) is 1. The maximum absolute atomic E-state index is 4.78. The predicted molar refractivity (Wildman–Crippen MR) is 73.2 cm³/mol. The molecule has 0 amide bonds. The fourth-order valence-electron chi connectivity index (χ4n) is 1.49. The Morgan fingerprint density at radius 3 is 2.80 bits per heavy atom. The zero-order valence-electron chi connectivity index (χ0n) is 9.12. The van der Waals surface area contributed by atoms with Gasteiger partial charge in [-0.3, -0.25) is 0 Å². The Labute approximate surface area is 108 Å². The summed E-state index contributed by atoms with van der Waals surface area (Å²) >= 11 is 7.43. The molecule has 1 nitrogen and oxygen atoms in total. The van der Waals surface area contributed by atoms with E-state index in [9.17, 15) is 0 Å². The Bertz CT molecular complexity index is 331. The number of alkyl halides is 1. The molecule has 0 aromatic carbocycles. The topological polar surface area (TPSA) is 12.9 Å². The minimum atomic E-state index is 0.700. The first-order valence-electron chi connectivity index (χ1n) is 5.36. The first-order chi connectivity index (χ1) is 7.20. The van der Waals surface area contributed by atoms with Crippen molar-refractivity contribution in [2.24, 2.45) is 0 Å². The van der Waals surface area contributed by atoms with Crippen LogP contribution in [-0.4, -0.2) is 10.2 Å². The highest BCUT2D eigenvalue weighted by Crippen LogP contribution is 2.43. The molecule has 1 fully saturated rings. The maximum atomic E-state index is 4.78. The van der Waals surface area contributed by atoms with Gasteiger partial charge >= 0.3 is 0 Å². The monoisotopic (exact) mass is 305 g/mol. The fraction of sp³-hybridized carbons (Fsp3) is 0.727. The number of rotatable bonds is 5. The molecule has 0 N–H and O–H groups in total. The van der Waals surface area contributed by atoms with E-state index in [1.807, 2.05) is 23.1 Å². The van der Waals surface area contributed by atoms with Gasteiger partial charge in [-0.25, -0.2) is 4.98 Å². The summed E-state index contributed by atoms with van der Waals surface area (Å²) in [6, 6.07) is 0. The summed E-state index contributed by atoms with van der Waals surface area (Å²) in [4.78, 5) is 6.24. The molecular formula is C11H16BrNS2. The van der Waals surface area contributed by atoms with Crippen molar-refractivity contribution >= 4 is 39.0 Å². The summed E-state index contributed by atoms with van der Waals surface area (Å²) in [5.41, 5.74) is 1.39. The molecule has 15 heavy (non-hydrogen) atoms. The molecule has 1 aliphatic carbocycles. The molecule has 0 bridgehead atoms. The van der Waals surface area contributed by atoms with Gasteiger partial charge in [0.2, 0.25) is 0 Å². The quantitative estimate of drug-likeness (QED) is 0.740. The third-order valence-corrected chi connectivity index (χ3v) is 5.69. The van der Waals surface area contributed by atoms with Crippen LogP contribution in [0.25, 0.3) is 0 Å². The highest BCUT2D eigenvalue weighted by Gasteiger charge is 2.29. The van der Waals surface area contributed by atoms with Crippen LogP contribution in [0.5, 0.6) is 0 Å². The summed E-state index contributed by atoms with van der Waals surface area (Å²) < 4.78 is 0. The van der Waals surface area contributed by atoms with E-state index in [4.69, 9.17) is 4.98 Å². The third-order valence-electron chi connectivity index (χ3n) is 2.40. The summed E-state index contributed by atoms with van der Waals surface area (Å²) in [5, 5.41) is 2.98. The summed E-state index contributed by atoms with van der Waals surface area (Å²) in [6.07, 6.45) is 2.70. The van der Waals surface area contributed by atoms with Gasteiger partial charge < -0.3 is 0 Å². The number of thiazole rings is 1. The van der Waals surface area contributed by atoms with Crippen LogP contribution in [0.1, 0.15) is 48.2 Å². The number of hydrogen-bond donors (Lipinski definition) is 0. The van der Waals surface area contributed by atoms with Crippen LogP contribution in [0.15, 0.2) is 0 Å². The highest BCUT2D eigenvalue weighted by molar-refractivity contribution is 9.08. The maximum Gasteiger partial charge on any atom is 0.103 e. The van der Waals surface area contributed by atoms with Crippen LogP contribution in [0.2, 0.25) is 0 Å². The molecule has 1 saturated carbocycles. The lowest BCUT2D eigenvalue weighted by Crippen LogP contribution is -1.89. The van der Waals surface area contributed by atoms with Crippen LogP contribution in [0, 0.1) is 0 Å². The average molecular weight is 306 g/mol. The van der Waals surface area contributed by atoms with Crippen LogP contribution in [-0.2, 0) is 11.1 Å². The molecule has 1 aromatic rings. The first-order valence-corrected chi connectivity index (χ1v) is 8.35. The summed E-state index contributed by atoms with van der Waals surface area (Å²) in [6.45, 7) is 4.48. The highest BCUT2D eigenvalue weighted by atomic mass is 79.9. The number of halogens is 1. The lowest BCUT2D eigenvalue weighted by atomic mass is 10.3. The Morgan fingerprint density at radius 2 is 2.27 bits per heavy atom. The zero-order valence-corrected chi connectivity index (χ0v) is 12.3. The number of hydrogen-bond acceptors (Lipinski definition) is 3. The van der Waals surface area contributed by atoms with Gasteiger partial charge in [0.05, 0.1) is 5.69 Å². The van der Waals surface area contributed by atoms with Crippen LogP contribution < -0.4 is 0 Å². The molecular weight excluding hydrogens is 290 g/mol. The molecule has 1 aliphatic rings. The minimum Gasteiger partial charge on any atom is -0.245 e. The van der Waals surface area contributed by atoms with E-state index in [0.717, 1.165) is 17.0 Å². The smallest absolute Gasteiger partial charge is 0.103 e. The van der Waals surface area contributed by atoms with E-state index in [1.165, 1.54) is 28.4 Å². The SMILES string of the molecule is CC(C)SCc1nc(C2CC2)c(CBr)s1. The Kier molecular flexibility index (Phi) is 4.13. The van der Waals surface area contributed by atoms with Crippen LogP contribution in [0.3, 0.4) is 0 Å². The molecule has 0 atom stereocenters. The van der Waals surface area contributed by atoms with Crippen molar-refractivity contribution in [2.75, 3.05) is 0 Å². The predicted octanol–water partition coefficient (Wildman–Crippen LogP) is 4.56. The van der Waals surface area contributed by atoms with E-state index >= 15 is 0 Å². The van der Waals surface area contributed by atoms with Gasteiger partial charge in [-0.05, 0) is 18.1 Å². The van der Waals surface area contributed by atoms with Crippen molar-refractivity contribution < 1.29 is 0 Å². The van der Waals surface area contributed by atoms with Crippen molar-refractivity contribution in [1.29, 1.82) is 0 Å². The lowest BCUT2D eigenvalue weighted by Gasteiger charge is -2.00. The van der Waals surface area contributed by atoms with Crippen molar-refractivity contribution in [3.8, 4) is 0 Å². The van der Waals surface area contributed by atoms with Crippen molar-refractivity contribution in [3.63, 3.8) is 0 Å². The number of aromatic nitrogens is 1. The Balaban J connectivity index is 2.05. The molecule has 84 valence electrons. The number of thioether (sulfide) groups is 1. The Morgan fingerprint density at radius 1 is 1.53 bits per heavy atom. The molecule has 2 rings (SSSR count). The zero-order chi connectivity index (χ0) is 10.8. The van der Waals surface area contributed by atoms with Gasteiger partial charge in [0, 0.05) is 21.9 Å². The minimum absolute atomic E-state index is 0.700. The molecule has 0 radical (unpaired) electrons. The second-order valence-electron chi connectivity index (χ2n) is 4.18. The van der Waals surface area contributed by atoms with Crippen LogP contribution >= 0.6 is 39.0 Å². The molecule has 0 aliphatic heterocycles. The molecule has 0 saturated heterocycles. The second-order valence-corrected chi connectivity index (χ2v) is 7.48. The van der Waals surface area contributed by atoms with Gasteiger partial charge in [0.25, 0.3) is 0 Å². The molecule has 0 unspecified atom stereocenters. The van der Waals surface area contributed by atoms with Crippen LogP contribution in [0.4, 0.5) is 0 Å². The molecule has 4 heteroatoms. The van der Waals surface area contributed by atoms with E-state index in [-0.39, 0.29) is 0 Å².